The summed E-state index contributed by atoms with van der Waals surface area (Å²) >= 11 is 0. The highest BCUT2D eigenvalue weighted by Gasteiger charge is 2.29. The third-order valence-corrected chi connectivity index (χ3v) is 5.90. The molecule has 13 heteroatoms. The second kappa shape index (κ2) is 8.73. The van der Waals surface area contributed by atoms with Crippen molar-refractivity contribution >= 4 is 5.82 Å². The van der Waals surface area contributed by atoms with Crippen LogP contribution >= 0.6 is 0 Å². The second-order valence-electron chi connectivity index (χ2n) is 8.16. The van der Waals surface area contributed by atoms with Gasteiger partial charge in [-0.3, -0.25) is 19.3 Å². The summed E-state index contributed by atoms with van der Waals surface area (Å²) in [6, 6.07) is 5.77. The number of nitriles is 1. The molecule has 0 bridgehead atoms. The van der Waals surface area contributed by atoms with Gasteiger partial charge in [-0.1, -0.05) is 0 Å². The van der Waals surface area contributed by atoms with Crippen molar-refractivity contribution < 1.29 is 13.2 Å². The number of benzene rings is 1. The van der Waals surface area contributed by atoms with Crippen molar-refractivity contribution in [1.29, 1.82) is 5.26 Å². The Bertz CT molecular complexity index is 1680. The van der Waals surface area contributed by atoms with Crippen molar-refractivity contribution in [2.45, 2.75) is 26.1 Å². The minimum Gasteiger partial charge on any atom is -0.347 e. The number of fused-ring (bicyclic) bond motifs is 1. The summed E-state index contributed by atoms with van der Waals surface area (Å²) in [5.41, 5.74) is -0.976. The molecule has 0 unspecified atom stereocenters. The smallest absolute Gasteiger partial charge is 0.338 e. The third kappa shape index (κ3) is 3.78. The Morgan fingerprint density at radius 2 is 1.83 bits per heavy atom. The second-order valence-corrected chi connectivity index (χ2v) is 8.16. The molecule has 0 radical (unpaired) electrons. The molecule has 4 aromatic rings. The van der Waals surface area contributed by atoms with Gasteiger partial charge in [-0.2, -0.15) is 10.4 Å². The van der Waals surface area contributed by atoms with Gasteiger partial charge in [0, 0.05) is 30.8 Å². The van der Waals surface area contributed by atoms with E-state index in [1.165, 1.54) is 12.3 Å². The van der Waals surface area contributed by atoms with Crippen LogP contribution in [0, 0.1) is 28.8 Å². The lowest BCUT2D eigenvalue weighted by atomic mass is 10.0. The first-order valence-electron chi connectivity index (χ1n) is 10.6. The highest BCUT2D eigenvalue weighted by atomic mass is 19.2. The van der Waals surface area contributed by atoms with Gasteiger partial charge < -0.3 is 9.88 Å². The van der Waals surface area contributed by atoms with Gasteiger partial charge in [0.15, 0.2) is 17.5 Å². The van der Waals surface area contributed by atoms with Crippen LogP contribution in [0.3, 0.4) is 0 Å². The number of H-pyrrole nitrogens is 2. The zero-order chi connectivity index (χ0) is 25.6. The minimum absolute atomic E-state index is 0.0550. The molecule has 1 aliphatic heterocycles. The van der Waals surface area contributed by atoms with Crippen LogP contribution in [0.25, 0.3) is 5.69 Å². The zero-order valence-electron chi connectivity index (χ0n) is 18.4. The van der Waals surface area contributed by atoms with Crippen LogP contribution in [-0.2, 0) is 26.1 Å². The fourth-order valence-electron chi connectivity index (χ4n) is 4.35. The van der Waals surface area contributed by atoms with Gasteiger partial charge in [-0.05, 0) is 23.8 Å². The molecule has 1 aliphatic rings. The topological polar surface area (TPSA) is 133 Å². The lowest BCUT2D eigenvalue weighted by Gasteiger charge is -2.26. The number of hydrogen-bond donors (Lipinski definition) is 2. The number of pyridine rings is 1. The van der Waals surface area contributed by atoms with E-state index in [1.54, 1.807) is 11.1 Å². The van der Waals surface area contributed by atoms with E-state index >= 15 is 0 Å². The lowest BCUT2D eigenvalue weighted by molar-refractivity contribution is 0.445. The Labute approximate surface area is 199 Å². The number of nitrogens with zero attached hydrogens (tertiary/aromatic N) is 5. The van der Waals surface area contributed by atoms with Crippen LogP contribution in [0.15, 0.2) is 51.0 Å². The number of nitrogens with one attached hydrogen (secondary N) is 2. The van der Waals surface area contributed by atoms with E-state index in [0.29, 0.717) is 0 Å². The van der Waals surface area contributed by atoms with Gasteiger partial charge in [-0.25, -0.2) is 22.5 Å². The van der Waals surface area contributed by atoms with Gasteiger partial charge in [0.25, 0.3) is 5.56 Å². The van der Waals surface area contributed by atoms with Crippen LogP contribution in [0.4, 0.5) is 19.0 Å². The average Bonchev–Trinajstić information content (AvgIpc) is 3.43. The molecule has 36 heavy (non-hydrogen) atoms. The lowest BCUT2D eigenvalue weighted by Crippen LogP contribution is -2.44. The minimum atomic E-state index is -1.65. The Kier molecular flexibility index (Phi) is 5.56. The van der Waals surface area contributed by atoms with Crippen molar-refractivity contribution in [3.05, 3.63) is 108 Å². The largest absolute Gasteiger partial charge is 0.347 e. The molecule has 0 spiro atoms. The van der Waals surface area contributed by atoms with Crippen LogP contribution in [-0.4, -0.2) is 24.3 Å². The Morgan fingerprint density at radius 3 is 2.50 bits per heavy atom. The van der Waals surface area contributed by atoms with Crippen molar-refractivity contribution in [3.63, 3.8) is 0 Å². The number of rotatable bonds is 5. The SMILES string of the molecule is N#CCn1c(N2Cc3cn[nH]c3C2)c(Cc2cc(F)c(F)c(F)c2)c(=O)n(-c2cc[nH]c(=O)c2)c1=O. The maximum atomic E-state index is 14.0. The Hall–Kier alpha value is -4.86. The average molecular weight is 495 g/mol. The number of halogens is 3. The fourth-order valence-corrected chi connectivity index (χ4v) is 4.35. The van der Waals surface area contributed by atoms with Crippen molar-refractivity contribution in [1.82, 2.24) is 24.3 Å². The van der Waals surface area contributed by atoms with Gasteiger partial charge in [0.2, 0.25) is 5.56 Å². The number of aromatic nitrogens is 5. The Morgan fingerprint density at radius 1 is 1.08 bits per heavy atom. The molecule has 5 rings (SSSR count). The molecule has 4 heterocycles. The molecule has 0 aliphatic carbocycles. The summed E-state index contributed by atoms with van der Waals surface area (Å²) in [5, 5.41) is 16.3. The summed E-state index contributed by atoms with van der Waals surface area (Å²) in [6.45, 7) is -0.00242. The van der Waals surface area contributed by atoms with Gasteiger partial charge in [-0.15, -0.1) is 0 Å². The van der Waals surface area contributed by atoms with Crippen LogP contribution in [0.1, 0.15) is 22.4 Å². The number of anilines is 1. The van der Waals surface area contributed by atoms with E-state index in [2.05, 4.69) is 15.2 Å². The predicted octanol–water partition coefficient (Wildman–Crippen LogP) is 1.46. The first-order valence-corrected chi connectivity index (χ1v) is 10.6. The van der Waals surface area contributed by atoms with Gasteiger partial charge >= 0.3 is 5.69 Å². The van der Waals surface area contributed by atoms with Gasteiger partial charge in [0.1, 0.15) is 12.4 Å². The molecule has 0 atom stereocenters. The van der Waals surface area contributed by atoms with E-state index in [9.17, 15) is 32.8 Å². The molecule has 1 aromatic carbocycles. The molecular weight excluding hydrogens is 479 g/mol. The van der Waals surface area contributed by atoms with Crippen LogP contribution in [0.5, 0.6) is 0 Å². The van der Waals surface area contributed by atoms with E-state index in [1.807, 2.05) is 6.07 Å². The van der Waals surface area contributed by atoms with E-state index in [4.69, 9.17) is 0 Å². The molecule has 0 saturated carbocycles. The highest BCUT2D eigenvalue weighted by Crippen LogP contribution is 2.29. The Balaban J connectivity index is 1.79. The third-order valence-electron chi connectivity index (χ3n) is 5.90. The van der Waals surface area contributed by atoms with Crippen molar-refractivity contribution in [2.24, 2.45) is 0 Å². The van der Waals surface area contributed by atoms with E-state index < -0.39 is 40.8 Å². The molecule has 2 N–H and O–H groups in total. The van der Waals surface area contributed by atoms with Crippen molar-refractivity contribution in [3.8, 4) is 11.8 Å². The van der Waals surface area contributed by atoms with Crippen LogP contribution in [0.2, 0.25) is 0 Å². The van der Waals surface area contributed by atoms with Gasteiger partial charge in [0.05, 0.1) is 35.8 Å². The number of hydrogen-bond acceptors (Lipinski definition) is 6. The maximum absolute atomic E-state index is 14.0. The molecule has 10 nitrogen and oxygen atoms in total. The molecule has 3 aromatic heterocycles. The standard InChI is InChI=1S/C23H16F3N7O3/c24-16-6-12(7-17(25)20(16)26)5-15-21(31-10-13-9-29-30-18(13)11-31)32(4-2-27)23(36)33(22(15)35)14-1-3-28-19(34)8-14/h1,3,6-9H,4-5,10-11H2,(H,28,34)(H,29,30). The molecule has 0 amide bonds. The number of aromatic amines is 2. The first kappa shape index (κ1) is 22.9. The summed E-state index contributed by atoms with van der Waals surface area (Å²) in [5.74, 6) is -4.45. The summed E-state index contributed by atoms with van der Waals surface area (Å²) in [6.07, 6.45) is 2.44. The predicted molar refractivity (Wildman–Crippen MR) is 120 cm³/mol. The van der Waals surface area contributed by atoms with Crippen LogP contribution < -0.4 is 21.7 Å². The zero-order valence-corrected chi connectivity index (χ0v) is 18.4. The summed E-state index contributed by atoms with van der Waals surface area (Å²) in [4.78, 5) is 43.2. The molecular formula is C23H16F3N7O3. The fraction of sp³-hybridized carbons (Fsp3) is 0.174. The first-order chi connectivity index (χ1) is 17.3. The highest BCUT2D eigenvalue weighted by molar-refractivity contribution is 5.53. The maximum Gasteiger partial charge on any atom is 0.338 e. The molecule has 0 saturated heterocycles. The van der Waals surface area contributed by atoms with E-state index in [-0.39, 0.29) is 42.1 Å². The molecule has 0 fully saturated rings. The molecule has 182 valence electrons. The normalized spacial score (nSPS) is 12.6. The van der Waals surface area contributed by atoms with E-state index in [0.717, 1.165) is 38.6 Å². The monoisotopic (exact) mass is 495 g/mol. The van der Waals surface area contributed by atoms with Crippen molar-refractivity contribution in [2.75, 3.05) is 4.90 Å². The quantitative estimate of drug-likeness (QED) is 0.403. The summed E-state index contributed by atoms with van der Waals surface area (Å²) in [7, 11) is 0. The summed E-state index contributed by atoms with van der Waals surface area (Å²) < 4.78 is 43.3.